The monoisotopic (exact) mass is 244 g/mol. The van der Waals surface area contributed by atoms with E-state index in [1.54, 1.807) is 0 Å². The van der Waals surface area contributed by atoms with E-state index in [-0.39, 0.29) is 63.0 Å². The quantitative estimate of drug-likeness (QED) is 0.512. The molecule has 0 aromatic carbocycles. The van der Waals surface area contributed by atoms with E-state index in [4.69, 9.17) is 8.92 Å². The van der Waals surface area contributed by atoms with Crippen LogP contribution in [0.5, 0.6) is 0 Å². The van der Waals surface area contributed by atoms with Crippen molar-refractivity contribution in [3.05, 3.63) is 0 Å². The molecular weight excluding hydrogens is 244 g/mol. The van der Waals surface area contributed by atoms with Crippen LogP contribution in [0.25, 0.3) is 0 Å². The molecule has 0 aliphatic heterocycles. The molecular formula is Cr3O2Si2. The first-order chi connectivity index (χ1) is 1.41. The van der Waals surface area contributed by atoms with Crippen LogP contribution in [0, 0.1) is 0 Å². The normalized spacial score (nSPS) is 1.14. The Balaban J connectivity index is -0.00000000333. The van der Waals surface area contributed by atoms with Gasteiger partial charge >= 0.3 is 9.29 Å². The molecule has 0 bridgehead atoms. The van der Waals surface area contributed by atoms with Crippen molar-refractivity contribution in [1.82, 2.24) is 0 Å². The van der Waals surface area contributed by atoms with E-state index in [9.17, 15) is 0 Å². The summed E-state index contributed by atoms with van der Waals surface area (Å²) in [5.41, 5.74) is 0. The van der Waals surface area contributed by atoms with E-state index in [1.807, 2.05) is 0 Å². The molecule has 0 fully saturated rings. The van der Waals surface area contributed by atoms with Crippen LogP contribution in [0.15, 0.2) is 0 Å². The summed E-state index contributed by atoms with van der Waals surface area (Å²) in [6.45, 7) is 0. The SMILES string of the molecule is O=[Si]=O.[Cr].[Cr].[Cr].[Si]. The zero-order valence-electron chi connectivity index (χ0n) is 3.04. The van der Waals surface area contributed by atoms with Gasteiger partial charge in [0.05, 0.1) is 0 Å². The van der Waals surface area contributed by atoms with E-state index in [0.717, 1.165) is 0 Å². The van der Waals surface area contributed by atoms with Crippen LogP contribution in [0.1, 0.15) is 0 Å². The van der Waals surface area contributed by atoms with Crippen molar-refractivity contribution in [3.63, 3.8) is 0 Å². The maximum Gasteiger partial charge on any atom is 0.549 e. The summed E-state index contributed by atoms with van der Waals surface area (Å²) in [6, 6.07) is 0. The Morgan fingerprint density at radius 1 is 0.857 bits per heavy atom. The molecule has 0 amide bonds. The first-order valence-electron chi connectivity index (χ1n) is 0.408. The second-order valence-electron chi connectivity index (χ2n) is 0.0833. The van der Waals surface area contributed by atoms with E-state index in [2.05, 4.69) is 0 Å². The van der Waals surface area contributed by atoms with Crippen molar-refractivity contribution in [2.75, 3.05) is 0 Å². The van der Waals surface area contributed by atoms with Gasteiger partial charge in [-0.05, 0) is 0 Å². The van der Waals surface area contributed by atoms with Crippen LogP contribution < -0.4 is 0 Å². The van der Waals surface area contributed by atoms with Crippen LogP contribution in [0.2, 0.25) is 0 Å². The topological polar surface area (TPSA) is 34.1 Å². The molecule has 7 heteroatoms. The fourth-order valence-corrected chi connectivity index (χ4v) is 0. The Morgan fingerprint density at radius 3 is 0.857 bits per heavy atom. The number of rotatable bonds is 0. The van der Waals surface area contributed by atoms with Gasteiger partial charge in [0, 0.05) is 63.0 Å². The summed E-state index contributed by atoms with van der Waals surface area (Å²) >= 11 is 0. The molecule has 4 radical (unpaired) electrons. The molecule has 0 saturated heterocycles. The third kappa shape index (κ3) is 90.9. The summed E-state index contributed by atoms with van der Waals surface area (Å²) in [7, 11) is -1.42. The van der Waals surface area contributed by atoms with Gasteiger partial charge in [-0.2, -0.15) is 0 Å². The molecule has 0 N–H and O–H groups in total. The summed E-state index contributed by atoms with van der Waals surface area (Å²) < 4.78 is 16.8. The molecule has 7 heavy (non-hydrogen) atoms. The van der Waals surface area contributed by atoms with Crippen molar-refractivity contribution in [2.24, 2.45) is 0 Å². The van der Waals surface area contributed by atoms with Crippen LogP contribution in [-0.2, 0) is 61.0 Å². The summed E-state index contributed by atoms with van der Waals surface area (Å²) in [5, 5.41) is 0. The van der Waals surface area contributed by atoms with Crippen LogP contribution in [0.4, 0.5) is 0 Å². The Kier molecular flexibility index (Phi) is 264. The minimum Gasteiger partial charge on any atom is -0.274 e. The number of hydrogen-bond donors (Lipinski definition) is 0. The minimum atomic E-state index is -1.42. The predicted molar refractivity (Wildman–Crippen MR) is 12.9 cm³/mol. The van der Waals surface area contributed by atoms with Gasteiger partial charge in [0.2, 0.25) is 0 Å². The van der Waals surface area contributed by atoms with E-state index >= 15 is 0 Å². The largest absolute Gasteiger partial charge is 0.549 e. The van der Waals surface area contributed by atoms with Crippen LogP contribution in [0.3, 0.4) is 0 Å². The second kappa shape index (κ2) is 48.5. The van der Waals surface area contributed by atoms with Crippen LogP contribution >= 0.6 is 0 Å². The smallest absolute Gasteiger partial charge is 0.274 e. The minimum absolute atomic E-state index is 0. The Labute approximate surface area is 80.8 Å². The molecule has 0 aromatic heterocycles. The van der Waals surface area contributed by atoms with Gasteiger partial charge in [-0.3, -0.25) is 8.92 Å². The Morgan fingerprint density at radius 2 is 0.857 bits per heavy atom. The van der Waals surface area contributed by atoms with Crippen LogP contribution in [-0.4, -0.2) is 20.3 Å². The summed E-state index contributed by atoms with van der Waals surface area (Å²) in [6.07, 6.45) is 0. The van der Waals surface area contributed by atoms with Crippen molar-refractivity contribution in [3.8, 4) is 0 Å². The maximum atomic E-state index is 8.40. The maximum absolute atomic E-state index is 8.40. The zero-order valence-corrected chi connectivity index (χ0v) is 8.87. The molecule has 0 aliphatic rings. The molecule has 0 aliphatic carbocycles. The number of hydrogen-bond acceptors (Lipinski definition) is 2. The molecule has 0 heterocycles. The first-order valence-corrected chi connectivity index (χ1v) is 1.22. The standard InChI is InChI=1S/3Cr.O2Si.Si/c;;;1-3-2;. The zero-order chi connectivity index (χ0) is 2.71. The third-order valence-corrected chi connectivity index (χ3v) is 0. The first kappa shape index (κ1) is 38.1. The van der Waals surface area contributed by atoms with Crippen molar-refractivity contribution in [2.45, 2.75) is 0 Å². The summed E-state index contributed by atoms with van der Waals surface area (Å²) in [4.78, 5) is 0. The van der Waals surface area contributed by atoms with Crippen molar-refractivity contribution in [1.29, 1.82) is 0 Å². The third-order valence-electron chi connectivity index (χ3n) is 0. The van der Waals surface area contributed by atoms with Gasteiger partial charge in [-0.25, -0.2) is 0 Å². The van der Waals surface area contributed by atoms with E-state index in [1.165, 1.54) is 0 Å². The molecule has 0 rings (SSSR count). The van der Waals surface area contributed by atoms with Gasteiger partial charge in [0.1, 0.15) is 0 Å². The molecule has 0 spiro atoms. The molecule has 0 atom stereocenters. The molecule has 2 nitrogen and oxygen atoms in total. The van der Waals surface area contributed by atoms with Gasteiger partial charge < -0.3 is 0 Å². The average Bonchev–Trinajstić information content (AvgIpc) is 0.918. The molecule has 0 aromatic rings. The second-order valence-corrected chi connectivity index (χ2v) is 0.250. The van der Waals surface area contributed by atoms with Gasteiger partial charge in [0.15, 0.2) is 0 Å². The molecule has 0 unspecified atom stereocenters. The fraction of sp³-hybridized carbons (Fsp3) is 0. The summed E-state index contributed by atoms with van der Waals surface area (Å²) in [5.74, 6) is 0. The van der Waals surface area contributed by atoms with Gasteiger partial charge in [0.25, 0.3) is 0 Å². The Hall–Kier alpha value is 1.63. The van der Waals surface area contributed by atoms with E-state index in [0.29, 0.717) is 0 Å². The van der Waals surface area contributed by atoms with Crippen molar-refractivity contribution >= 4 is 20.3 Å². The predicted octanol–water partition coefficient (Wildman–Crippen LogP) is -1.01. The average molecular weight is 244 g/mol. The van der Waals surface area contributed by atoms with Crippen molar-refractivity contribution < 1.29 is 61.0 Å². The fourth-order valence-electron chi connectivity index (χ4n) is 0. The van der Waals surface area contributed by atoms with Gasteiger partial charge in [-0.1, -0.05) is 0 Å². The molecule has 38 valence electrons. The van der Waals surface area contributed by atoms with Gasteiger partial charge in [-0.15, -0.1) is 0 Å². The Bertz CT molecular complexity index is 31.9. The molecule has 0 saturated carbocycles. The van der Waals surface area contributed by atoms with E-state index < -0.39 is 9.29 Å².